The number of carbonyl (C=O) groups excluding carboxylic acids is 2. The summed E-state index contributed by atoms with van der Waals surface area (Å²) < 4.78 is 2.13. The number of nitrogens with one attached hydrogen (secondary N) is 1. The zero-order valence-electron chi connectivity index (χ0n) is 13.8. The molecule has 0 aliphatic carbocycles. The lowest BCUT2D eigenvalue weighted by molar-refractivity contribution is -0.121. The highest BCUT2D eigenvalue weighted by Gasteiger charge is 2.40. The van der Waals surface area contributed by atoms with Crippen molar-refractivity contribution in [2.24, 2.45) is 14.1 Å². The maximum atomic E-state index is 12.7. The van der Waals surface area contributed by atoms with Crippen LogP contribution in [0.3, 0.4) is 0 Å². The number of hydrogen-bond acceptors (Lipinski definition) is 5. The van der Waals surface area contributed by atoms with Gasteiger partial charge in [0.05, 0.1) is 22.2 Å². The number of carbonyl (C=O) groups is 2. The second kappa shape index (κ2) is 6.62. The van der Waals surface area contributed by atoms with Gasteiger partial charge in [0.2, 0.25) is 5.91 Å². The molecule has 8 nitrogen and oxygen atoms in total. The molecule has 136 valence electrons. The molecule has 0 radical (unpaired) electrons. The smallest absolute Gasteiger partial charge is 0.332 e. The van der Waals surface area contributed by atoms with Crippen molar-refractivity contribution in [3.05, 3.63) is 55.1 Å². The van der Waals surface area contributed by atoms with Crippen molar-refractivity contribution < 1.29 is 9.59 Å². The Balaban J connectivity index is 1.91. The number of halogens is 2. The zero-order chi connectivity index (χ0) is 19.2. The zero-order valence-corrected chi connectivity index (χ0v) is 15.3. The van der Waals surface area contributed by atoms with Crippen LogP contribution in [0.2, 0.25) is 10.0 Å². The molecule has 1 aliphatic rings. The first-order chi connectivity index (χ1) is 12.2. The number of imide groups is 1. The van der Waals surface area contributed by atoms with E-state index in [1.165, 1.54) is 42.9 Å². The number of aromatic nitrogens is 2. The van der Waals surface area contributed by atoms with Crippen molar-refractivity contribution in [2.75, 3.05) is 10.2 Å². The van der Waals surface area contributed by atoms with Gasteiger partial charge in [-0.3, -0.25) is 23.5 Å². The van der Waals surface area contributed by atoms with E-state index < -0.39 is 29.1 Å². The van der Waals surface area contributed by atoms with E-state index in [9.17, 15) is 19.2 Å². The van der Waals surface area contributed by atoms with E-state index in [0.29, 0.717) is 10.7 Å². The van der Waals surface area contributed by atoms with Gasteiger partial charge in [0.1, 0.15) is 11.9 Å². The van der Waals surface area contributed by atoms with Crippen LogP contribution >= 0.6 is 23.2 Å². The van der Waals surface area contributed by atoms with Crippen molar-refractivity contribution in [1.29, 1.82) is 0 Å². The van der Waals surface area contributed by atoms with E-state index in [2.05, 4.69) is 5.32 Å². The molecule has 2 aromatic rings. The first kappa shape index (κ1) is 18.2. The third kappa shape index (κ3) is 3.02. The third-order valence-electron chi connectivity index (χ3n) is 4.16. The Hall–Kier alpha value is -2.58. The van der Waals surface area contributed by atoms with Gasteiger partial charge in [0.15, 0.2) is 0 Å². The summed E-state index contributed by atoms with van der Waals surface area (Å²) in [5.74, 6) is -0.790. The van der Waals surface area contributed by atoms with Crippen molar-refractivity contribution in [3.63, 3.8) is 0 Å². The first-order valence-electron chi connectivity index (χ1n) is 7.56. The minimum Gasteiger partial charge on any atom is -0.359 e. The summed E-state index contributed by atoms with van der Waals surface area (Å²) in [7, 11) is 2.81. The van der Waals surface area contributed by atoms with Crippen LogP contribution < -0.4 is 21.5 Å². The average molecular weight is 397 g/mol. The van der Waals surface area contributed by atoms with E-state index in [0.717, 1.165) is 9.47 Å². The van der Waals surface area contributed by atoms with E-state index in [4.69, 9.17) is 23.2 Å². The number of rotatable bonds is 3. The van der Waals surface area contributed by atoms with Gasteiger partial charge >= 0.3 is 5.69 Å². The molecule has 2 amide bonds. The van der Waals surface area contributed by atoms with Crippen molar-refractivity contribution in [2.45, 2.75) is 12.5 Å². The van der Waals surface area contributed by atoms with Crippen molar-refractivity contribution in [3.8, 4) is 0 Å². The summed E-state index contributed by atoms with van der Waals surface area (Å²) >= 11 is 11.8. The Morgan fingerprint density at radius 1 is 1.00 bits per heavy atom. The molecular formula is C16H14Cl2N4O4. The van der Waals surface area contributed by atoms with E-state index in [1.54, 1.807) is 0 Å². The molecular weight excluding hydrogens is 383 g/mol. The third-order valence-corrected chi connectivity index (χ3v) is 4.90. The highest BCUT2D eigenvalue weighted by atomic mass is 35.5. The monoisotopic (exact) mass is 396 g/mol. The van der Waals surface area contributed by atoms with Crippen LogP contribution in [0.4, 0.5) is 11.5 Å². The van der Waals surface area contributed by atoms with Crippen molar-refractivity contribution in [1.82, 2.24) is 9.13 Å². The van der Waals surface area contributed by atoms with E-state index in [-0.39, 0.29) is 17.3 Å². The summed E-state index contributed by atoms with van der Waals surface area (Å²) in [5, 5.41) is 3.33. The molecule has 1 unspecified atom stereocenters. The van der Waals surface area contributed by atoms with Gasteiger partial charge in [-0.05, 0) is 18.2 Å². The molecule has 10 heteroatoms. The largest absolute Gasteiger partial charge is 0.359 e. The van der Waals surface area contributed by atoms with Crippen LogP contribution in [-0.4, -0.2) is 27.0 Å². The van der Waals surface area contributed by atoms with Gasteiger partial charge in [0, 0.05) is 20.2 Å². The molecule has 0 bridgehead atoms. The number of amides is 2. The fourth-order valence-corrected chi connectivity index (χ4v) is 2.98. The summed E-state index contributed by atoms with van der Waals surface area (Å²) in [5.41, 5.74) is -0.761. The molecule has 2 heterocycles. The first-order valence-corrected chi connectivity index (χ1v) is 8.31. The lowest BCUT2D eigenvalue weighted by atomic mass is 10.2. The Labute approximate surface area is 157 Å². The second-order valence-electron chi connectivity index (χ2n) is 5.84. The SMILES string of the molecule is Cn1c(NC2CC(=O)N(c3ccc(Cl)c(Cl)c3)C2=O)cc(=O)n(C)c1=O. The van der Waals surface area contributed by atoms with Gasteiger partial charge in [0.25, 0.3) is 11.5 Å². The van der Waals surface area contributed by atoms with E-state index in [1.807, 2.05) is 0 Å². The predicted molar refractivity (Wildman–Crippen MR) is 97.9 cm³/mol. The summed E-state index contributed by atoms with van der Waals surface area (Å²) in [6.45, 7) is 0. The summed E-state index contributed by atoms with van der Waals surface area (Å²) in [4.78, 5) is 49.8. The molecule has 1 fully saturated rings. The quantitative estimate of drug-likeness (QED) is 0.784. The highest BCUT2D eigenvalue weighted by molar-refractivity contribution is 6.42. The van der Waals surface area contributed by atoms with E-state index >= 15 is 0 Å². The minimum atomic E-state index is -0.908. The maximum Gasteiger partial charge on any atom is 0.332 e. The van der Waals surface area contributed by atoms with Gasteiger partial charge in [-0.15, -0.1) is 0 Å². The molecule has 1 N–H and O–H groups in total. The van der Waals surface area contributed by atoms with Gasteiger partial charge in [-0.2, -0.15) is 0 Å². The Bertz CT molecular complexity index is 1040. The van der Waals surface area contributed by atoms with Gasteiger partial charge in [-0.1, -0.05) is 23.2 Å². The van der Waals surface area contributed by atoms with Crippen LogP contribution in [0.1, 0.15) is 6.42 Å². The van der Waals surface area contributed by atoms with Gasteiger partial charge < -0.3 is 5.32 Å². The normalized spacial score (nSPS) is 17.1. The number of anilines is 2. The summed E-state index contributed by atoms with van der Waals surface area (Å²) in [6.07, 6.45) is -0.123. The van der Waals surface area contributed by atoms with Crippen LogP contribution in [0, 0.1) is 0 Å². The van der Waals surface area contributed by atoms with Crippen LogP contribution in [0.15, 0.2) is 33.9 Å². The fraction of sp³-hybridized carbons (Fsp3) is 0.250. The standard InChI is InChI=1S/C16H14Cl2N4O4/c1-20-12(7-13(23)21(2)16(20)26)19-11-6-14(24)22(15(11)25)8-3-4-9(17)10(18)5-8/h3-5,7,11,19H,6H2,1-2H3. The minimum absolute atomic E-state index is 0.123. The Morgan fingerprint density at radius 2 is 1.69 bits per heavy atom. The molecule has 1 aromatic carbocycles. The Kier molecular flexibility index (Phi) is 4.64. The van der Waals surface area contributed by atoms with Gasteiger partial charge in [-0.25, -0.2) is 9.69 Å². The van der Waals surface area contributed by atoms with Crippen LogP contribution in [0.25, 0.3) is 0 Å². The Morgan fingerprint density at radius 3 is 2.35 bits per heavy atom. The number of benzene rings is 1. The summed E-state index contributed by atoms with van der Waals surface area (Å²) in [6, 6.07) is 4.72. The number of nitrogens with zero attached hydrogens (tertiary/aromatic N) is 3. The van der Waals surface area contributed by atoms with Crippen LogP contribution in [0.5, 0.6) is 0 Å². The maximum absolute atomic E-state index is 12.7. The molecule has 1 atom stereocenters. The second-order valence-corrected chi connectivity index (χ2v) is 6.65. The molecule has 26 heavy (non-hydrogen) atoms. The average Bonchev–Trinajstić information content (AvgIpc) is 2.87. The fourth-order valence-electron chi connectivity index (χ4n) is 2.69. The predicted octanol–water partition coefficient (Wildman–Crippen LogP) is 1.13. The molecule has 1 aliphatic heterocycles. The molecule has 0 saturated carbocycles. The van der Waals surface area contributed by atoms with Crippen molar-refractivity contribution >= 4 is 46.5 Å². The lowest BCUT2D eigenvalue weighted by Gasteiger charge is -2.18. The molecule has 0 spiro atoms. The molecule has 3 rings (SSSR count). The molecule has 1 saturated heterocycles. The number of hydrogen-bond donors (Lipinski definition) is 1. The van der Waals surface area contributed by atoms with Crippen LogP contribution in [-0.2, 0) is 23.7 Å². The lowest BCUT2D eigenvalue weighted by Crippen LogP contribution is -2.40. The molecule has 1 aromatic heterocycles. The highest BCUT2D eigenvalue weighted by Crippen LogP contribution is 2.30. The topological polar surface area (TPSA) is 93.4 Å².